The Morgan fingerprint density at radius 2 is 2.00 bits per heavy atom. The summed E-state index contributed by atoms with van der Waals surface area (Å²) in [5, 5.41) is 8.99. The lowest BCUT2D eigenvalue weighted by Crippen LogP contribution is -2.38. The van der Waals surface area contributed by atoms with Crippen LogP contribution in [0.3, 0.4) is 0 Å². The van der Waals surface area contributed by atoms with Gasteiger partial charge in [0.2, 0.25) is 11.9 Å². The van der Waals surface area contributed by atoms with E-state index in [9.17, 15) is 18.0 Å². The van der Waals surface area contributed by atoms with Crippen molar-refractivity contribution in [1.29, 1.82) is 0 Å². The minimum Gasteiger partial charge on any atom is -0.368 e. The number of alkyl halides is 3. The zero-order valence-corrected chi connectivity index (χ0v) is 12.0. The van der Waals surface area contributed by atoms with Crippen LogP contribution in [-0.2, 0) is 4.79 Å². The maximum absolute atomic E-state index is 12.0. The first-order chi connectivity index (χ1) is 9.11. The molecule has 3 N–H and O–H groups in total. The van der Waals surface area contributed by atoms with E-state index in [1.165, 1.54) is 6.92 Å². The second-order valence-electron chi connectivity index (χ2n) is 4.40. The molecular formula is C10H16F3N5OS. The predicted octanol–water partition coefficient (Wildman–Crippen LogP) is 1.60. The molecule has 0 fully saturated rings. The van der Waals surface area contributed by atoms with Crippen molar-refractivity contribution in [3.63, 3.8) is 0 Å². The molecule has 0 radical (unpaired) electrons. The van der Waals surface area contributed by atoms with Crippen molar-refractivity contribution in [2.45, 2.75) is 43.4 Å². The highest BCUT2D eigenvalue weighted by atomic mass is 32.2. The number of nitrogens with one attached hydrogen (secondary N) is 1. The molecule has 0 aromatic carbocycles. The van der Waals surface area contributed by atoms with E-state index in [0.717, 1.165) is 11.8 Å². The zero-order chi connectivity index (χ0) is 15.5. The average Bonchev–Trinajstić information content (AvgIpc) is 2.66. The van der Waals surface area contributed by atoms with Gasteiger partial charge in [-0.05, 0) is 20.8 Å². The first-order valence-corrected chi connectivity index (χ1v) is 6.71. The van der Waals surface area contributed by atoms with Gasteiger partial charge in [0.15, 0.2) is 5.16 Å². The fraction of sp³-hybridized carbons (Fsp3) is 0.700. The van der Waals surface area contributed by atoms with Gasteiger partial charge < -0.3 is 11.1 Å². The minimum absolute atomic E-state index is 0.0158. The molecule has 1 aromatic rings. The Morgan fingerprint density at radius 3 is 2.50 bits per heavy atom. The van der Waals surface area contributed by atoms with Crippen LogP contribution in [0.15, 0.2) is 5.16 Å². The summed E-state index contributed by atoms with van der Waals surface area (Å²) < 4.78 is 37.7. The summed E-state index contributed by atoms with van der Waals surface area (Å²) >= 11 is 1.01. The monoisotopic (exact) mass is 311 g/mol. The number of anilines is 1. The van der Waals surface area contributed by atoms with E-state index in [4.69, 9.17) is 5.73 Å². The summed E-state index contributed by atoms with van der Waals surface area (Å²) in [6.45, 7) is 3.86. The van der Waals surface area contributed by atoms with Crippen LogP contribution >= 0.6 is 11.8 Å². The van der Waals surface area contributed by atoms with Crippen LogP contribution in [-0.4, -0.2) is 38.6 Å². The molecule has 1 aromatic heterocycles. The number of carbonyl (C=O) groups excluding carboxylic acids is 1. The highest BCUT2D eigenvalue weighted by Crippen LogP contribution is 2.26. The van der Waals surface area contributed by atoms with Crippen molar-refractivity contribution in [2.75, 3.05) is 12.3 Å². The minimum atomic E-state index is -4.43. The van der Waals surface area contributed by atoms with Gasteiger partial charge in [-0.2, -0.15) is 13.2 Å². The normalized spacial score (nSPS) is 13.6. The highest BCUT2D eigenvalue weighted by molar-refractivity contribution is 8.00. The second-order valence-corrected chi connectivity index (χ2v) is 5.71. The van der Waals surface area contributed by atoms with Crippen molar-refractivity contribution < 1.29 is 18.0 Å². The molecule has 1 atom stereocenters. The van der Waals surface area contributed by atoms with Gasteiger partial charge in [-0.3, -0.25) is 9.36 Å². The number of halogens is 3. The Morgan fingerprint density at radius 1 is 1.40 bits per heavy atom. The van der Waals surface area contributed by atoms with Crippen molar-refractivity contribution in [3.05, 3.63) is 0 Å². The van der Waals surface area contributed by atoms with Gasteiger partial charge in [-0.25, -0.2) is 0 Å². The molecule has 0 aliphatic rings. The van der Waals surface area contributed by atoms with Crippen LogP contribution in [0.5, 0.6) is 0 Å². The van der Waals surface area contributed by atoms with E-state index in [1.54, 1.807) is 4.57 Å². The SMILES string of the molecule is CC(C)n1c(N)nnc1S[C@H](C)C(=O)NCC(F)(F)F. The van der Waals surface area contributed by atoms with Crippen LogP contribution in [0.25, 0.3) is 0 Å². The first-order valence-electron chi connectivity index (χ1n) is 5.83. The van der Waals surface area contributed by atoms with Gasteiger partial charge in [0.25, 0.3) is 0 Å². The second kappa shape index (κ2) is 6.33. The summed E-state index contributed by atoms with van der Waals surface area (Å²) in [7, 11) is 0. The van der Waals surface area contributed by atoms with Gasteiger partial charge in [0.1, 0.15) is 6.54 Å². The van der Waals surface area contributed by atoms with Crippen LogP contribution in [0, 0.1) is 0 Å². The van der Waals surface area contributed by atoms with Crippen LogP contribution in [0.2, 0.25) is 0 Å². The molecule has 1 rings (SSSR count). The van der Waals surface area contributed by atoms with Gasteiger partial charge in [0.05, 0.1) is 5.25 Å². The summed E-state index contributed by atoms with van der Waals surface area (Å²) in [4.78, 5) is 11.6. The Hall–Kier alpha value is -1.45. The Labute approximate surface area is 118 Å². The smallest absolute Gasteiger partial charge is 0.368 e. The summed E-state index contributed by atoms with van der Waals surface area (Å²) in [6.07, 6.45) is -4.43. The number of carbonyl (C=O) groups is 1. The predicted molar refractivity (Wildman–Crippen MR) is 69.2 cm³/mol. The third-order valence-electron chi connectivity index (χ3n) is 2.32. The number of nitrogen functional groups attached to an aromatic ring is 1. The maximum Gasteiger partial charge on any atom is 0.405 e. The molecule has 0 aliphatic carbocycles. The standard InChI is InChI=1S/C10H16F3N5OS/c1-5(2)18-8(14)16-17-9(18)20-6(3)7(19)15-4-10(11,12)13/h5-6H,4H2,1-3H3,(H2,14,16)(H,15,19)/t6-/m1/s1. The molecule has 0 aliphatic heterocycles. The van der Waals surface area contributed by atoms with Crippen molar-refractivity contribution in [3.8, 4) is 0 Å². The van der Waals surface area contributed by atoms with Crippen LogP contribution in [0.4, 0.5) is 19.1 Å². The topological polar surface area (TPSA) is 85.8 Å². The van der Waals surface area contributed by atoms with E-state index < -0.39 is 23.9 Å². The third kappa shape index (κ3) is 4.58. The van der Waals surface area contributed by atoms with Crippen LogP contribution in [0.1, 0.15) is 26.8 Å². The number of aromatic nitrogens is 3. The highest BCUT2D eigenvalue weighted by Gasteiger charge is 2.29. The molecule has 0 unspecified atom stereocenters. The maximum atomic E-state index is 12.0. The lowest BCUT2D eigenvalue weighted by molar-refractivity contribution is -0.137. The summed E-state index contributed by atoms with van der Waals surface area (Å²) in [5.41, 5.74) is 5.64. The Kier molecular flexibility index (Phi) is 5.26. The molecule has 1 amide bonds. The van der Waals surface area contributed by atoms with Crippen molar-refractivity contribution >= 4 is 23.6 Å². The van der Waals surface area contributed by atoms with Crippen molar-refractivity contribution in [1.82, 2.24) is 20.1 Å². The summed E-state index contributed by atoms with van der Waals surface area (Å²) in [5.74, 6) is -0.519. The molecule has 0 bridgehead atoms. The zero-order valence-electron chi connectivity index (χ0n) is 11.2. The molecule has 6 nitrogen and oxygen atoms in total. The molecule has 1 heterocycles. The number of nitrogens with zero attached hydrogens (tertiary/aromatic N) is 3. The fourth-order valence-corrected chi connectivity index (χ4v) is 2.41. The molecule has 0 saturated carbocycles. The largest absolute Gasteiger partial charge is 0.405 e. The molecular weight excluding hydrogens is 295 g/mol. The van der Waals surface area contributed by atoms with E-state index in [2.05, 4.69) is 10.2 Å². The quantitative estimate of drug-likeness (QED) is 0.807. The first kappa shape index (κ1) is 16.6. The van der Waals surface area contributed by atoms with Gasteiger partial charge in [-0.1, -0.05) is 11.8 Å². The number of hydrogen-bond donors (Lipinski definition) is 2. The Bertz CT molecular complexity index is 474. The molecule has 114 valence electrons. The number of amides is 1. The van der Waals surface area contributed by atoms with E-state index in [-0.39, 0.29) is 12.0 Å². The van der Waals surface area contributed by atoms with Gasteiger partial charge in [-0.15, -0.1) is 10.2 Å². The Balaban J connectivity index is 2.67. The molecule has 10 heteroatoms. The summed E-state index contributed by atoms with van der Waals surface area (Å²) in [6, 6.07) is -0.0158. The van der Waals surface area contributed by atoms with Gasteiger partial charge in [0, 0.05) is 6.04 Å². The number of thioether (sulfide) groups is 1. The molecule has 0 saturated heterocycles. The lowest BCUT2D eigenvalue weighted by Gasteiger charge is -2.15. The molecule has 0 spiro atoms. The van der Waals surface area contributed by atoms with Gasteiger partial charge >= 0.3 is 6.18 Å². The average molecular weight is 311 g/mol. The van der Waals surface area contributed by atoms with Crippen LogP contribution < -0.4 is 11.1 Å². The number of nitrogens with two attached hydrogens (primary N) is 1. The number of hydrogen-bond acceptors (Lipinski definition) is 5. The van der Waals surface area contributed by atoms with E-state index in [1.807, 2.05) is 19.2 Å². The number of rotatable bonds is 5. The fourth-order valence-electron chi connectivity index (χ4n) is 1.40. The van der Waals surface area contributed by atoms with E-state index >= 15 is 0 Å². The lowest BCUT2D eigenvalue weighted by atomic mass is 10.4. The third-order valence-corrected chi connectivity index (χ3v) is 3.38. The van der Waals surface area contributed by atoms with Crippen molar-refractivity contribution in [2.24, 2.45) is 0 Å². The van der Waals surface area contributed by atoms with E-state index in [0.29, 0.717) is 5.16 Å². The molecule has 20 heavy (non-hydrogen) atoms.